The highest BCUT2D eigenvalue weighted by molar-refractivity contribution is 5.16. The number of rotatable bonds is 3. The SMILES string of the molecule is Cn1nccc1C1CCCCC1N[C@@H]1C[C@@H]2O[C@H]1[C@H]1C[C@H]12. The van der Waals surface area contributed by atoms with Crippen molar-refractivity contribution in [3.63, 3.8) is 0 Å². The van der Waals surface area contributed by atoms with Gasteiger partial charge in [-0.1, -0.05) is 12.8 Å². The highest BCUT2D eigenvalue weighted by Gasteiger charge is 2.62. The first-order valence-corrected chi connectivity index (χ1v) is 8.70. The molecule has 4 nitrogen and oxygen atoms in total. The summed E-state index contributed by atoms with van der Waals surface area (Å²) in [5, 5.41) is 8.38. The molecule has 3 heterocycles. The summed E-state index contributed by atoms with van der Waals surface area (Å²) < 4.78 is 8.23. The molecule has 4 heteroatoms. The first-order valence-electron chi connectivity index (χ1n) is 8.70. The van der Waals surface area contributed by atoms with Crippen molar-refractivity contribution in [3.05, 3.63) is 18.0 Å². The van der Waals surface area contributed by atoms with Crippen LogP contribution in [-0.4, -0.2) is 34.1 Å². The van der Waals surface area contributed by atoms with Crippen molar-refractivity contribution in [1.82, 2.24) is 15.1 Å². The number of aromatic nitrogens is 2. The molecular weight excluding hydrogens is 262 g/mol. The second kappa shape index (κ2) is 4.56. The van der Waals surface area contributed by atoms with Crippen molar-refractivity contribution in [2.45, 2.75) is 68.7 Å². The molecule has 0 spiro atoms. The average molecular weight is 287 g/mol. The van der Waals surface area contributed by atoms with Gasteiger partial charge in [0.2, 0.25) is 0 Å². The second-order valence-electron chi connectivity index (χ2n) is 7.59. The van der Waals surface area contributed by atoms with Crippen molar-refractivity contribution in [2.24, 2.45) is 18.9 Å². The molecule has 7 atom stereocenters. The van der Waals surface area contributed by atoms with Gasteiger partial charge in [-0.25, -0.2) is 0 Å². The van der Waals surface area contributed by atoms with Crippen molar-refractivity contribution < 1.29 is 4.74 Å². The van der Waals surface area contributed by atoms with Crippen LogP contribution in [-0.2, 0) is 11.8 Å². The Hall–Kier alpha value is -0.870. The molecule has 1 N–H and O–H groups in total. The number of hydrogen-bond acceptors (Lipinski definition) is 3. The highest BCUT2D eigenvalue weighted by Crippen LogP contribution is 2.58. The fraction of sp³-hybridized carbons (Fsp3) is 0.824. The largest absolute Gasteiger partial charge is 0.373 e. The van der Waals surface area contributed by atoms with Crippen LogP contribution in [0.1, 0.15) is 50.1 Å². The number of aryl methyl sites for hydroxylation is 1. The Labute approximate surface area is 126 Å². The Bertz CT molecular complexity index is 542. The van der Waals surface area contributed by atoms with Crippen LogP contribution in [0.25, 0.3) is 0 Å². The maximum atomic E-state index is 6.16. The van der Waals surface area contributed by atoms with E-state index in [1.165, 1.54) is 44.2 Å². The molecule has 2 aliphatic heterocycles. The van der Waals surface area contributed by atoms with E-state index in [0.29, 0.717) is 30.2 Å². The minimum atomic E-state index is 0.522. The third kappa shape index (κ3) is 1.92. The number of fused-ring (bicyclic) bond motifs is 5. The van der Waals surface area contributed by atoms with Gasteiger partial charge in [-0.05, 0) is 43.6 Å². The van der Waals surface area contributed by atoms with Crippen molar-refractivity contribution >= 4 is 0 Å². The third-order valence-corrected chi connectivity index (χ3v) is 6.44. The number of ether oxygens (including phenoxy) is 1. The summed E-state index contributed by atoms with van der Waals surface area (Å²) in [5.41, 5.74) is 1.40. The zero-order chi connectivity index (χ0) is 14.0. The van der Waals surface area contributed by atoms with Crippen molar-refractivity contribution in [3.8, 4) is 0 Å². The van der Waals surface area contributed by atoms with Gasteiger partial charge in [0, 0.05) is 36.9 Å². The van der Waals surface area contributed by atoms with Gasteiger partial charge in [-0.15, -0.1) is 0 Å². The first kappa shape index (κ1) is 12.7. The average Bonchev–Trinajstić information content (AvgIpc) is 2.86. The monoisotopic (exact) mass is 287 g/mol. The summed E-state index contributed by atoms with van der Waals surface area (Å²) in [7, 11) is 2.08. The Morgan fingerprint density at radius 1 is 1.19 bits per heavy atom. The Balaban J connectivity index is 1.33. The molecule has 1 aromatic heterocycles. The number of nitrogens with one attached hydrogen (secondary N) is 1. The van der Waals surface area contributed by atoms with Crippen LogP contribution >= 0.6 is 0 Å². The lowest BCUT2D eigenvalue weighted by Crippen LogP contribution is -2.48. The van der Waals surface area contributed by atoms with Crippen LogP contribution in [0, 0.1) is 11.8 Å². The van der Waals surface area contributed by atoms with E-state index in [-0.39, 0.29) is 0 Å². The molecule has 0 radical (unpaired) electrons. The third-order valence-electron chi connectivity index (χ3n) is 6.44. The maximum absolute atomic E-state index is 6.16. The van der Waals surface area contributed by atoms with Gasteiger partial charge in [0.25, 0.3) is 0 Å². The van der Waals surface area contributed by atoms with Crippen molar-refractivity contribution in [2.75, 3.05) is 0 Å². The van der Waals surface area contributed by atoms with Gasteiger partial charge < -0.3 is 10.1 Å². The van der Waals surface area contributed by atoms with Gasteiger partial charge in [-0.3, -0.25) is 4.68 Å². The Morgan fingerprint density at radius 3 is 2.86 bits per heavy atom. The molecular formula is C17H25N3O. The lowest BCUT2D eigenvalue weighted by Gasteiger charge is -2.36. The summed E-state index contributed by atoms with van der Waals surface area (Å²) in [5.74, 6) is 2.44. The second-order valence-corrected chi connectivity index (χ2v) is 7.59. The van der Waals surface area contributed by atoms with Gasteiger partial charge >= 0.3 is 0 Å². The van der Waals surface area contributed by atoms with E-state index < -0.39 is 0 Å². The number of nitrogens with zero attached hydrogens (tertiary/aromatic N) is 2. The van der Waals surface area contributed by atoms with E-state index in [1.807, 2.05) is 6.20 Å². The van der Waals surface area contributed by atoms with E-state index in [9.17, 15) is 0 Å². The molecule has 0 aromatic carbocycles. The van der Waals surface area contributed by atoms with E-state index in [2.05, 4.69) is 28.2 Å². The summed E-state index contributed by atoms with van der Waals surface area (Å²) in [6.07, 6.45) is 11.0. The molecule has 5 rings (SSSR count). The Kier molecular flexibility index (Phi) is 2.75. The van der Waals surface area contributed by atoms with E-state index in [4.69, 9.17) is 4.74 Å². The quantitative estimate of drug-likeness (QED) is 0.926. The van der Waals surface area contributed by atoms with E-state index in [1.54, 1.807) is 0 Å². The van der Waals surface area contributed by atoms with Crippen LogP contribution in [0.2, 0.25) is 0 Å². The molecule has 2 saturated heterocycles. The Morgan fingerprint density at radius 2 is 2.10 bits per heavy atom. The molecule has 2 bridgehead atoms. The highest BCUT2D eigenvalue weighted by atomic mass is 16.5. The van der Waals surface area contributed by atoms with Crippen LogP contribution in [0.3, 0.4) is 0 Å². The maximum Gasteiger partial charge on any atom is 0.0764 e. The van der Waals surface area contributed by atoms with E-state index in [0.717, 1.165) is 11.8 Å². The fourth-order valence-corrected chi connectivity index (χ4v) is 5.32. The molecule has 1 aromatic rings. The summed E-state index contributed by atoms with van der Waals surface area (Å²) in [4.78, 5) is 0. The summed E-state index contributed by atoms with van der Waals surface area (Å²) in [6.45, 7) is 0. The predicted molar refractivity (Wildman–Crippen MR) is 80.0 cm³/mol. The lowest BCUT2D eigenvalue weighted by molar-refractivity contribution is 0.0634. The van der Waals surface area contributed by atoms with Gasteiger partial charge in [0.1, 0.15) is 0 Å². The van der Waals surface area contributed by atoms with Crippen LogP contribution in [0.4, 0.5) is 0 Å². The van der Waals surface area contributed by atoms with Crippen molar-refractivity contribution in [1.29, 1.82) is 0 Å². The molecule has 4 fully saturated rings. The smallest absolute Gasteiger partial charge is 0.0764 e. The molecule has 0 amide bonds. The normalized spacial score (nSPS) is 47.6. The molecule has 4 aliphatic rings. The fourth-order valence-electron chi connectivity index (χ4n) is 5.32. The molecule has 114 valence electrons. The van der Waals surface area contributed by atoms with Crippen LogP contribution in [0.15, 0.2) is 12.3 Å². The number of hydrogen-bond donors (Lipinski definition) is 1. The minimum absolute atomic E-state index is 0.522. The molecule has 21 heavy (non-hydrogen) atoms. The standard InChI is InChI=1S/C17H25N3O/c1-20-15(6-7-18-20)10-4-2-3-5-13(10)19-14-9-16-11-8-12(11)17(14)21-16/h6-7,10-14,16-17,19H,2-5,8-9H2,1H3/t10?,11-,12+,13?,14-,16+,17+/m1/s1. The van der Waals surface area contributed by atoms with Crippen LogP contribution in [0.5, 0.6) is 0 Å². The topological polar surface area (TPSA) is 39.1 Å². The molecule has 2 aliphatic carbocycles. The van der Waals surface area contributed by atoms with Gasteiger partial charge in [-0.2, -0.15) is 5.10 Å². The zero-order valence-corrected chi connectivity index (χ0v) is 12.7. The van der Waals surface area contributed by atoms with Gasteiger partial charge in [0.15, 0.2) is 0 Å². The minimum Gasteiger partial charge on any atom is -0.373 e. The van der Waals surface area contributed by atoms with Gasteiger partial charge in [0.05, 0.1) is 12.2 Å². The lowest BCUT2D eigenvalue weighted by atomic mass is 9.81. The summed E-state index contributed by atoms with van der Waals surface area (Å²) in [6, 6.07) is 3.43. The van der Waals surface area contributed by atoms with Crippen LogP contribution < -0.4 is 5.32 Å². The first-order chi connectivity index (χ1) is 10.3. The zero-order valence-electron chi connectivity index (χ0n) is 12.7. The predicted octanol–water partition coefficient (Wildman–Crippen LogP) is 2.21. The molecule has 2 saturated carbocycles. The summed E-state index contributed by atoms with van der Waals surface area (Å²) >= 11 is 0. The van der Waals surface area contributed by atoms with E-state index >= 15 is 0 Å². The molecule has 2 unspecified atom stereocenters.